The summed E-state index contributed by atoms with van der Waals surface area (Å²) >= 11 is 0. The molecule has 4 N–H and O–H groups in total. The Morgan fingerprint density at radius 3 is 2.48 bits per heavy atom. The average Bonchev–Trinajstić information content (AvgIpc) is 3.13. The Balaban J connectivity index is 1.69. The van der Waals surface area contributed by atoms with Gasteiger partial charge in [-0.05, 0) is 42.7 Å². The van der Waals surface area contributed by atoms with Crippen LogP contribution in [-0.2, 0) is 16.0 Å². The van der Waals surface area contributed by atoms with Crippen LogP contribution < -0.4 is 11.1 Å². The SMILES string of the molecule is NC(=O)Cc1ccc(NC(=O)C2CCCN2C(=O)c2ccccc2O)cc1. The first-order chi connectivity index (χ1) is 13.0. The molecule has 0 saturated carbocycles. The number of carbonyl (C=O) groups excluding carboxylic acids is 3. The number of hydrogen-bond donors (Lipinski definition) is 3. The molecule has 7 nitrogen and oxygen atoms in total. The van der Waals surface area contributed by atoms with E-state index in [0.29, 0.717) is 18.7 Å². The number of nitrogens with one attached hydrogen (secondary N) is 1. The van der Waals surface area contributed by atoms with Gasteiger partial charge in [-0.1, -0.05) is 24.3 Å². The molecule has 2 aromatic carbocycles. The number of phenols is 1. The van der Waals surface area contributed by atoms with Gasteiger partial charge >= 0.3 is 0 Å². The Morgan fingerprint density at radius 1 is 1.11 bits per heavy atom. The lowest BCUT2D eigenvalue weighted by Gasteiger charge is -2.24. The van der Waals surface area contributed by atoms with Crippen LogP contribution in [0, 0.1) is 0 Å². The predicted molar refractivity (Wildman–Crippen MR) is 100 cm³/mol. The van der Waals surface area contributed by atoms with Crippen LogP contribution in [-0.4, -0.2) is 40.3 Å². The molecule has 1 aliphatic heterocycles. The van der Waals surface area contributed by atoms with Gasteiger partial charge in [-0.3, -0.25) is 14.4 Å². The summed E-state index contributed by atoms with van der Waals surface area (Å²) in [4.78, 5) is 37.8. The third kappa shape index (κ3) is 4.25. The monoisotopic (exact) mass is 367 g/mol. The minimum Gasteiger partial charge on any atom is -0.507 e. The zero-order valence-corrected chi connectivity index (χ0v) is 14.7. The molecule has 2 aromatic rings. The van der Waals surface area contributed by atoms with E-state index in [4.69, 9.17) is 5.73 Å². The van der Waals surface area contributed by atoms with E-state index in [1.807, 2.05) is 0 Å². The third-order valence-electron chi connectivity index (χ3n) is 4.55. The molecule has 1 heterocycles. The highest BCUT2D eigenvalue weighted by molar-refractivity contribution is 6.02. The number of nitrogens with zero attached hydrogens (tertiary/aromatic N) is 1. The summed E-state index contributed by atoms with van der Waals surface area (Å²) in [5, 5.41) is 12.7. The maximum atomic E-state index is 12.7. The van der Waals surface area contributed by atoms with Crippen molar-refractivity contribution in [1.29, 1.82) is 0 Å². The minimum atomic E-state index is -0.595. The maximum Gasteiger partial charge on any atom is 0.258 e. The highest BCUT2D eigenvalue weighted by Crippen LogP contribution is 2.25. The van der Waals surface area contributed by atoms with E-state index in [1.54, 1.807) is 42.5 Å². The van der Waals surface area contributed by atoms with Crippen LogP contribution in [0.3, 0.4) is 0 Å². The molecule has 0 radical (unpaired) electrons. The summed E-state index contributed by atoms with van der Waals surface area (Å²) in [7, 11) is 0. The average molecular weight is 367 g/mol. The maximum absolute atomic E-state index is 12.7. The van der Waals surface area contributed by atoms with Crippen LogP contribution in [0.4, 0.5) is 5.69 Å². The first-order valence-electron chi connectivity index (χ1n) is 8.73. The van der Waals surface area contributed by atoms with Crippen molar-refractivity contribution in [2.45, 2.75) is 25.3 Å². The first kappa shape index (κ1) is 18.4. The number of benzene rings is 2. The molecule has 0 spiro atoms. The zero-order valence-electron chi connectivity index (χ0n) is 14.7. The summed E-state index contributed by atoms with van der Waals surface area (Å²) in [6, 6.07) is 12.5. The highest BCUT2D eigenvalue weighted by Gasteiger charge is 2.35. The van der Waals surface area contributed by atoms with Gasteiger partial charge in [0.1, 0.15) is 11.8 Å². The van der Waals surface area contributed by atoms with Gasteiger partial charge in [-0.25, -0.2) is 0 Å². The number of amides is 3. The van der Waals surface area contributed by atoms with Crippen molar-refractivity contribution < 1.29 is 19.5 Å². The van der Waals surface area contributed by atoms with Gasteiger partial charge in [-0.15, -0.1) is 0 Å². The van der Waals surface area contributed by atoms with E-state index in [-0.39, 0.29) is 29.5 Å². The first-order valence-corrected chi connectivity index (χ1v) is 8.73. The van der Waals surface area contributed by atoms with Gasteiger partial charge in [0.2, 0.25) is 11.8 Å². The van der Waals surface area contributed by atoms with E-state index in [9.17, 15) is 19.5 Å². The number of likely N-dealkylation sites (tertiary alicyclic amines) is 1. The fourth-order valence-corrected chi connectivity index (χ4v) is 3.22. The smallest absolute Gasteiger partial charge is 0.258 e. The van der Waals surface area contributed by atoms with Gasteiger partial charge in [0.25, 0.3) is 5.91 Å². The van der Waals surface area contributed by atoms with Crippen LogP contribution >= 0.6 is 0 Å². The second-order valence-electron chi connectivity index (χ2n) is 6.50. The Morgan fingerprint density at radius 2 is 1.81 bits per heavy atom. The molecule has 3 rings (SSSR count). The number of phenolic OH excluding ortho intramolecular Hbond substituents is 1. The molecule has 140 valence electrons. The normalized spacial score (nSPS) is 16.1. The molecule has 0 aliphatic carbocycles. The summed E-state index contributed by atoms with van der Waals surface area (Å²) < 4.78 is 0. The number of carbonyl (C=O) groups is 3. The predicted octanol–water partition coefficient (Wildman–Crippen LogP) is 1.66. The Hall–Kier alpha value is -3.35. The van der Waals surface area contributed by atoms with Crippen LogP contribution in [0.2, 0.25) is 0 Å². The molecular weight excluding hydrogens is 346 g/mol. The lowest BCUT2D eigenvalue weighted by atomic mass is 10.1. The van der Waals surface area contributed by atoms with E-state index >= 15 is 0 Å². The van der Waals surface area contributed by atoms with E-state index in [0.717, 1.165) is 12.0 Å². The second kappa shape index (κ2) is 7.90. The summed E-state index contributed by atoms with van der Waals surface area (Å²) in [6.07, 6.45) is 1.42. The number of nitrogens with two attached hydrogens (primary N) is 1. The molecule has 1 fully saturated rings. The molecule has 7 heteroatoms. The van der Waals surface area contributed by atoms with Crippen LogP contribution in [0.5, 0.6) is 5.75 Å². The number of aromatic hydroxyl groups is 1. The second-order valence-corrected chi connectivity index (χ2v) is 6.50. The van der Waals surface area contributed by atoms with Crippen molar-refractivity contribution in [2.75, 3.05) is 11.9 Å². The van der Waals surface area contributed by atoms with Gasteiger partial charge in [0, 0.05) is 12.2 Å². The summed E-state index contributed by atoms with van der Waals surface area (Å²) in [5.41, 5.74) is 6.69. The summed E-state index contributed by atoms with van der Waals surface area (Å²) in [5.74, 6) is -1.16. The van der Waals surface area contributed by atoms with Gasteiger partial charge in [0.05, 0.1) is 12.0 Å². The van der Waals surface area contributed by atoms with Crippen LogP contribution in [0.25, 0.3) is 0 Å². The molecule has 1 unspecified atom stereocenters. The van der Waals surface area contributed by atoms with Crippen molar-refractivity contribution in [1.82, 2.24) is 4.90 Å². The van der Waals surface area contributed by atoms with E-state index in [2.05, 4.69) is 5.32 Å². The van der Waals surface area contributed by atoms with Crippen molar-refractivity contribution >= 4 is 23.4 Å². The fourth-order valence-electron chi connectivity index (χ4n) is 3.22. The molecule has 1 aliphatic rings. The molecule has 0 bridgehead atoms. The Labute approximate surface area is 156 Å². The van der Waals surface area contributed by atoms with Gasteiger partial charge in [0.15, 0.2) is 0 Å². The largest absolute Gasteiger partial charge is 0.507 e. The number of hydrogen-bond acceptors (Lipinski definition) is 4. The van der Waals surface area contributed by atoms with Crippen molar-refractivity contribution in [3.8, 4) is 5.75 Å². The molecule has 1 saturated heterocycles. The topological polar surface area (TPSA) is 113 Å². The fraction of sp³-hybridized carbons (Fsp3) is 0.250. The number of anilines is 1. The van der Waals surface area contributed by atoms with Crippen LogP contribution in [0.15, 0.2) is 48.5 Å². The van der Waals surface area contributed by atoms with E-state index < -0.39 is 11.9 Å². The van der Waals surface area contributed by atoms with E-state index in [1.165, 1.54) is 11.0 Å². The molecule has 27 heavy (non-hydrogen) atoms. The number of primary amides is 1. The van der Waals surface area contributed by atoms with Gasteiger partial charge in [-0.2, -0.15) is 0 Å². The zero-order chi connectivity index (χ0) is 19.4. The molecular formula is C20H21N3O4. The lowest BCUT2D eigenvalue weighted by Crippen LogP contribution is -2.43. The lowest BCUT2D eigenvalue weighted by molar-refractivity contribution is -0.120. The number of para-hydroxylation sites is 1. The molecule has 3 amide bonds. The standard InChI is InChI=1S/C20H21N3O4/c21-18(25)12-13-7-9-14(10-8-13)22-19(26)16-5-3-11-23(16)20(27)15-4-1-2-6-17(15)24/h1-2,4,6-10,16,24H,3,5,11-12H2,(H2,21,25)(H,22,26). The van der Waals surface area contributed by atoms with Gasteiger partial charge < -0.3 is 21.1 Å². The molecule has 0 aromatic heterocycles. The minimum absolute atomic E-state index is 0.0985. The Kier molecular flexibility index (Phi) is 5.40. The molecule has 1 atom stereocenters. The Bertz CT molecular complexity index is 864. The summed E-state index contributed by atoms with van der Waals surface area (Å²) in [6.45, 7) is 0.461. The van der Waals surface area contributed by atoms with Crippen molar-refractivity contribution in [3.63, 3.8) is 0 Å². The highest BCUT2D eigenvalue weighted by atomic mass is 16.3. The third-order valence-corrected chi connectivity index (χ3v) is 4.55. The van der Waals surface area contributed by atoms with Crippen molar-refractivity contribution in [3.05, 3.63) is 59.7 Å². The quantitative estimate of drug-likeness (QED) is 0.746. The number of rotatable bonds is 5. The van der Waals surface area contributed by atoms with Crippen LogP contribution in [0.1, 0.15) is 28.8 Å². The van der Waals surface area contributed by atoms with Crippen molar-refractivity contribution in [2.24, 2.45) is 5.73 Å².